The van der Waals surface area contributed by atoms with Crippen LogP contribution in [0.3, 0.4) is 0 Å². The van der Waals surface area contributed by atoms with E-state index in [1.165, 1.54) is 29.5 Å². The number of hydrogen-bond acceptors (Lipinski definition) is 2. The Morgan fingerprint density at radius 2 is 1.89 bits per heavy atom. The van der Waals surface area contributed by atoms with Crippen LogP contribution in [0.4, 0.5) is 5.69 Å². The Bertz CT molecular complexity index is 622. The third-order valence-corrected chi connectivity index (χ3v) is 3.47. The van der Waals surface area contributed by atoms with Gasteiger partial charge in [0.25, 0.3) is 0 Å². The number of para-hydroxylation sites is 1. The molecule has 0 fully saturated rings. The first-order chi connectivity index (χ1) is 8.75. The molecule has 0 unspecified atom stereocenters. The Morgan fingerprint density at radius 1 is 1.11 bits per heavy atom. The molecule has 0 N–H and O–H groups in total. The van der Waals surface area contributed by atoms with Gasteiger partial charge in [0, 0.05) is 16.8 Å². The highest BCUT2D eigenvalue weighted by molar-refractivity contribution is 5.95. The molecule has 1 aromatic carbocycles. The van der Waals surface area contributed by atoms with Gasteiger partial charge in [-0.05, 0) is 51.2 Å². The van der Waals surface area contributed by atoms with Gasteiger partial charge in [-0.1, -0.05) is 18.2 Å². The first-order valence-electron chi connectivity index (χ1n) is 6.68. The Balaban J connectivity index is 2.36. The largest absolute Gasteiger partial charge is 0.257 e. The van der Waals surface area contributed by atoms with Crippen LogP contribution < -0.4 is 0 Å². The Kier molecular flexibility index (Phi) is 2.86. The predicted molar refractivity (Wildman–Crippen MR) is 76.8 cm³/mol. The van der Waals surface area contributed by atoms with E-state index >= 15 is 0 Å². The number of nitrogens with zero attached hydrogens (tertiary/aromatic N) is 2. The summed E-state index contributed by atoms with van der Waals surface area (Å²) < 4.78 is 0. The number of aromatic nitrogens is 1. The first-order valence-corrected chi connectivity index (χ1v) is 6.68. The van der Waals surface area contributed by atoms with Crippen molar-refractivity contribution in [3.63, 3.8) is 0 Å². The number of benzene rings is 1. The molecule has 92 valence electrons. The highest BCUT2D eigenvalue weighted by Gasteiger charge is 2.17. The summed E-state index contributed by atoms with van der Waals surface area (Å²) in [4.78, 5) is 9.59. The number of pyridine rings is 1. The zero-order valence-electron chi connectivity index (χ0n) is 11.0. The van der Waals surface area contributed by atoms with Crippen molar-refractivity contribution >= 4 is 22.3 Å². The van der Waals surface area contributed by atoms with Crippen LogP contribution >= 0.6 is 0 Å². The van der Waals surface area contributed by atoms with Gasteiger partial charge in [0.2, 0.25) is 0 Å². The van der Waals surface area contributed by atoms with Gasteiger partial charge in [0.1, 0.15) is 0 Å². The second-order valence-electron chi connectivity index (χ2n) is 5.17. The summed E-state index contributed by atoms with van der Waals surface area (Å²) in [5.41, 5.74) is 5.99. The van der Waals surface area contributed by atoms with Crippen LogP contribution in [0.1, 0.15) is 37.9 Å². The fourth-order valence-corrected chi connectivity index (χ4v) is 2.70. The smallest absolute Gasteiger partial charge is 0.0772 e. The topological polar surface area (TPSA) is 25.2 Å². The van der Waals surface area contributed by atoms with Crippen molar-refractivity contribution in [2.75, 3.05) is 0 Å². The molecular formula is C16H18N2. The van der Waals surface area contributed by atoms with Crippen molar-refractivity contribution in [2.45, 2.75) is 39.5 Å². The molecule has 0 radical (unpaired) electrons. The van der Waals surface area contributed by atoms with E-state index in [9.17, 15) is 0 Å². The van der Waals surface area contributed by atoms with Gasteiger partial charge in [-0.25, -0.2) is 0 Å². The molecule has 3 rings (SSSR count). The average molecular weight is 238 g/mol. The first kappa shape index (κ1) is 11.4. The third-order valence-electron chi connectivity index (χ3n) is 3.47. The van der Waals surface area contributed by atoms with Crippen molar-refractivity contribution in [3.05, 3.63) is 35.5 Å². The minimum absolute atomic E-state index is 1.08. The van der Waals surface area contributed by atoms with Crippen LogP contribution in [0, 0.1) is 0 Å². The van der Waals surface area contributed by atoms with Gasteiger partial charge in [-0.15, -0.1) is 0 Å². The molecule has 0 spiro atoms. The van der Waals surface area contributed by atoms with Crippen LogP contribution in [0.25, 0.3) is 10.9 Å². The predicted octanol–water partition coefficient (Wildman–Crippen LogP) is 4.23. The molecule has 2 nitrogen and oxygen atoms in total. The molecule has 1 aliphatic rings. The van der Waals surface area contributed by atoms with E-state index in [4.69, 9.17) is 9.98 Å². The van der Waals surface area contributed by atoms with Crippen molar-refractivity contribution < 1.29 is 0 Å². The lowest BCUT2D eigenvalue weighted by molar-refractivity contribution is 0.672. The average Bonchev–Trinajstić information content (AvgIpc) is 2.38. The van der Waals surface area contributed by atoms with E-state index in [1.807, 2.05) is 0 Å². The van der Waals surface area contributed by atoms with Crippen molar-refractivity contribution in [3.8, 4) is 0 Å². The highest BCUT2D eigenvalue weighted by atomic mass is 14.8. The van der Waals surface area contributed by atoms with E-state index < -0.39 is 0 Å². The van der Waals surface area contributed by atoms with Gasteiger partial charge in [0.05, 0.1) is 11.2 Å². The molecule has 0 amide bonds. The molecule has 0 saturated carbocycles. The number of rotatable bonds is 1. The lowest BCUT2D eigenvalue weighted by Gasteiger charge is -2.18. The molecule has 0 aliphatic heterocycles. The summed E-state index contributed by atoms with van der Waals surface area (Å²) in [6, 6.07) is 8.35. The van der Waals surface area contributed by atoms with Crippen LogP contribution in [0.2, 0.25) is 0 Å². The summed E-state index contributed by atoms with van der Waals surface area (Å²) in [6.07, 6.45) is 4.75. The molecular weight excluding hydrogens is 220 g/mol. The van der Waals surface area contributed by atoms with Crippen LogP contribution in [0.15, 0.2) is 29.3 Å². The molecule has 0 saturated heterocycles. The standard InChI is InChI=1S/C16H18N2/c1-11(2)17-16-12-7-3-5-9-14(12)18-15-10-6-4-8-13(15)16/h3,5,7,9H,4,6,8,10H2,1-2H3. The molecule has 1 heterocycles. The van der Waals surface area contributed by atoms with E-state index in [2.05, 4.69) is 38.1 Å². The summed E-state index contributed by atoms with van der Waals surface area (Å²) in [5, 5.41) is 1.19. The summed E-state index contributed by atoms with van der Waals surface area (Å²) in [5.74, 6) is 0. The Hall–Kier alpha value is -1.70. The van der Waals surface area contributed by atoms with E-state index in [0.717, 1.165) is 29.8 Å². The molecule has 1 aromatic heterocycles. The minimum Gasteiger partial charge on any atom is -0.257 e. The van der Waals surface area contributed by atoms with Crippen molar-refractivity contribution in [1.29, 1.82) is 0 Å². The maximum atomic E-state index is 4.81. The van der Waals surface area contributed by atoms with Gasteiger partial charge in [-0.3, -0.25) is 9.98 Å². The quantitative estimate of drug-likeness (QED) is 0.683. The zero-order chi connectivity index (χ0) is 12.5. The van der Waals surface area contributed by atoms with Gasteiger partial charge in [-0.2, -0.15) is 0 Å². The zero-order valence-corrected chi connectivity index (χ0v) is 11.0. The SMILES string of the molecule is CC(C)=Nc1c2c(nc3ccccc13)CCCC2. The summed E-state index contributed by atoms with van der Waals surface area (Å²) >= 11 is 0. The van der Waals surface area contributed by atoms with E-state index in [0.29, 0.717) is 0 Å². The normalized spacial score (nSPS) is 14.3. The number of aryl methyl sites for hydroxylation is 1. The minimum atomic E-state index is 1.08. The summed E-state index contributed by atoms with van der Waals surface area (Å²) in [7, 11) is 0. The second-order valence-corrected chi connectivity index (χ2v) is 5.17. The van der Waals surface area contributed by atoms with Crippen LogP contribution in [-0.4, -0.2) is 10.7 Å². The maximum absolute atomic E-state index is 4.81. The third kappa shape index (κ3) is 1.92. The lowest BCUT2D eigenvalue weighted by Crippen LogP contribution is -2.06. The maximum Gasteiger partial charge on any atom is 0.0772 e. The monoisotopic (exact) mass is 238 g/mol. The highest BCUT2D eigenvalue weighted by Crippen LogP contribution is 2.35. The number of fused-ring (bicyclic) bond motifs is 2. The fraction of sp³-hybridized carbons (Fsp3) is 0.375. The van der Waals surface area contributed by atoms with Crippen molar-refractivity contribution in [1.82, 2.24) is 4.98 Å². The number of hydrogen-bond donors (Lipinski definition) is 0. The molecule has 18 heavy (non-hydrogen) atoms. The molecule has 1 aliphatic carbocycles. The fourth-order valence-electron chi connectivity index (χ4n) is 2.70. The lowest BCUT2D eigenvalue weighted by atomic mass is 9.93. The Labute approximate surface area is 108 Å². The second kappa shape index (κ2) is 4.52. The van der Waals surface area contributed by atoms with E-state index in [1.54, 1.807) is 0 Å². The molecule has 0 bridgehead atoms. The summed E-state index contributed by atoms with van der Waals surface area (Å²) in [6.45, 7) is 4.12. The molecule has 2 aromatic rings. The molecule has 0 atom stereocenters. The Morgan fingerprint density at radius 3 is 2.72 bits per heavy atom. The van der Waals surface area contributed by atoms with Crippen molar-refractivity contribution in [2.24, 2.45) is 4.99 Å². The van der Waals surface area contributed by atoms with Crippen LogP contribution in [-0.2, 0) is 12.8 Å². The molecule has 2 heteroatoms. The van der Waals surface area contributed by atoms with E-state index in [-0.39, 0.29) is 0 Å². The van der Waals surface area contributed by atoms with Gasteiger partial charge >= 0.3 is 0 Å². The van der Waals surface area contributed by atoms with Crippen LogP contribution in [0.5, 0.6) is 0 Å². The van der Waals surface area contributed by atoms with Gasteiger partial charge < -0.3 is 0 Å². The number of aliphatic imine (C=N–C) groups is 1. The van der Waals surface area contributed by atoms with Gasteiger partial charge in [0.15, 0.2) is 0 Å².